The van der Waals surface area contributed by atoms with Gasteiger partial charge in [-0.25, -0.2) is 0 Å². The van der Waals surface area contributed by atoms with E-state index in [-0.39, 0.29) is 5.70 Å². The number of rotatable bonds is 2. The van der Waals surface area contributed by atoms with Crippen LogP contribution in [0.1, 0.15) is 0 Å². The summed E-state index contributed by atoms with van der Waals surface area (Å²) in [5.74, 6) is 0. The number of allylic oxidation sites excluding steroid dienone is 1. The minimum Gasteiger partial charge on any atom is -0.391 e. The Balaban J connectivity index is 2.78. The molecule has 4 N–H and O–H groups in total. The fourth-order valence-electron chi connectivity index (χ4n) is 0.726. The van der Waals surface area contributed by atoms with E-state index < -0.39 is 0 Å². The smallest absolute Gasteiger partial charge is 0.141 e. The van der Waals surface area contributed by atoms with Crippen molar-refractivity contribution in [2.75, 3.05) is 0 Å². The van der Waals surface area contributed by atoms with Gasteiger partial charge in [-0.3, -0.25) is 0 Å². The van der Waals surface area contributed by atoms with Crippen molar-refractivity contribution >= 4 is 11.8 Å². The highest BCUT2D eigenvalue weighted by molar-refractivity contribution is 8.03. The monoisotopic (exact) mass is 191 g/mol. The Morgan fingerprint density at radius 1 is 1.23 bits per heavy atom. The van der Waals surface area contributed by atoms with Crippen LogP contribution in [0.15, 0.2) is 46.0 Å². The van der Waals surface area contributed by atoms with Crippen LogP contribution >= 0.6 is 11.8 Å². The zero-order valence-electron chi connectivity index (χ0n) is 6.90. The molecule has 0 aliphatic rings. The first-order chi connectivity index (χ1) is 6.24. The summed E-state index contributed by atoms with van der Waals surface area (Å²) in [6.45, 7) is 0. The maximum Gasteiger partial charge on any atom is 0.141 e. The van der Waals surface area contributed by atoms with Gasteiger partial charge in [0.15, 0.2) is 0 Å². The molecule has 66 valence electrons. The second-order valence-electron chi connectivity index (χ2n) is 2.30. The summed E-state index contributed by atoms with van der Waals surface area (Å²) in [6.07, 6.45) is 0. The van der Waals surface area contributed by atoms with Crippen molar-refractivity contribution in [3.63, 3.8) is 0 Å². The predicted octanol–water partition coefficient (Wildman–Crippen LogP) is 1.39. The van der Waals surface area contributed by atoms with Gasteiger partial charge >= 0.3 is 0 Å². The third kappa shape index (κ3) is 2.73. The number of thioether (sulfide) groups is 1. The average molecular weight is 191 g/mol. The van der Waals surface area contributed by atoms with Crippen LogP contribution in [0.3, 0.4) is 0 Å². The molecule has 13 heavy (non-hydrogen) atoms. The van der Waals surface area contributed by atoms with Gasteiger partial charge in [0, 0.05) is 4.90 Å². The van der Waals surface area contributed by atoms with Gasteiger partial charge in [-0.1, -0.05) is 30.0 Å². The molecule has 0 amide bonds. The largest absolute Gasteiger partial charge is 0.391 e. The second kappa shape index (κ2) is 4.43. The number of hydrogen-bond donors (Lipinski definition) is 2. The van der Waals surface area contributed by atoms with Crippen molar-refractivity contribution in [2.45, 2.75) is 4.90 Å². The summed E-state index contributed by atoms with van der Waals surface area (Å²) in [6, 6.07) is 11.3. The van der Waals surface area contributed by atoms with E-state index in [0.717, 1.165) is 4.90 Å². The van der Waals surface area contributed by atoms with Gasteiger partial charge in [-0.2, -0.15) is 5.26 Å². The molecule has 0 aromatic heterocycles. The van der Waals surface area contributed by atoms with E-state index in [1.54, 1.807) is 6.07 Å². The van der Waals surface area contributed by atoms with Gasteiger partial charge in [-0.15, -0.1) is 0 Å². The van der Waals surface area contributed by atoms with Gasteiger partial charge in [0.05, 0.1) is 0 Å². The number of hydrogen-bond acceptors (Lipinski definition) is 4. The lowest BCUT2D eigenvalue weighted by Gasteiger charge is -2.00. The topological polar surface area (TPSA) is 75.8 Å². The standard InChI is InChI=1S/C9H9N3S/c10-6-8(11)9(12)13-7-4-2-1-3-5-7/h1-5H,11-12H2/b9-8+. The Morgan fingerprint density at radius 2 is 1.85 bits per heavy atom. The average Bonchev–Trinajstić information content (AvgIpc) is 2.18. The third-order valence-electron chi connectivity index (χ3n) is 1.36. The number of nitrogens with zero attached hydrogens (tertiary/aromatic N) is 1. The quantitative estimate of drug-likeness (QED) is 0.547. The van der Waals surface area contributed by atoms with Crippen LogP contribution in [0.5, 0.6) is 0 Å². The lowest BCUT2D eigenvalue weighted by molar-refractivity contribution is 1.32. The van der Waals surface area contributed by atoms with E-state index >= 15 is 0 Å². The Labute approximate surface area is 81.0 Å². The molecule has 1 aromatic rings. The normalized spacial score (nSPS) is 11.6. The van der Waals surface area contributed by atoms with Crippen LogP contribution in [0, 0.1) is 11.3 Å². The maximum atomic E-state index is 8.46. The third-order valence-corrected chi connectivity index (χ3v) is 2.30. The molecule has 0 aliphatic carbocycles. The van der Waals surface area contributed by atoms with Gasteiger partial charge in [0.2, 0.25) is 0 Å². The van der Waals surface area contributed by atoms with Crippen molar-refractivity contribution in [3.05, 3.63) is 41.1 Å². The Kier molecular flexibility index (Phi) is 3.23. The fourth-order valence-corrected chi connectivity index (χ4v) is 1.43. The van der Waals surface area contributed by atoms with Gasteiger partial charge in [0.25, 0.3) is 0 Å². The fraction of sp³-hybridized carbons (Fsp3) is 0. The van der Waals surface area contributed by atoms with Crippen LogP contribution in [0.4, 0.5) is 0 Å². The first-order valence-corrected chi connectivity index (χ1v) is 4.44. The van der Waals surface area contributed by atoms with Crippen LogP contribution in [-0.4, -0.2) is 0 Å². The lowest BCUT2D eigenvalue weighted by Crippen LogP contribution is -2.04. The van der Waals surface area contributed by atoms with Crippen LogP contribution in [0.25, 0.3) is 0 Å². The molecule has 3 nitrogen and oxygen atoms in total. The van der Waals surface area contributed by atoms with Gasteiger partial charge in [-0.05, 0) is 12.1 Å². The second-order valence-corrected chi connectivity index (χ2v) is 3.42. The highest BCUT2D eigenvalue weighted by Crippen LogP contribution is 2.23. The van der Waals surface area contributed by atoms with Crippen molar-refractivity contribution in [3.8, 4) is 6.07 Å². The van der Waals surface area contributed by atoms with E-state index in [1.165, 1.54) is 11.8 Å². The Bertz CT molecular complexity index is 351. The molecular weight excluding hydrogens is 182 g/mol. The van der Waals surface area contributed by atoms with Crippen LogP contribution in [0.2, 0.25) is 0 Å². The molecule has 0 bridgehead atoms. The number of benzene rings is 1. The molecule has 1 aromatic carbocycles. The summed E-state index contributed by atoms with van der Waals surface area (Å²) in [7, 11) is 0. The van der Waals surface area contributed by atoms with E-state index in [4.69, 9.17) is 16.7 Å². The molecular formula is C9H9N3S. The van der Waals surface area contributed by atoms with E-state index in [1.807, 2.05) is 30.3 Å². The Hall–Kier alpha value is -1.60. The minimum atomic E-state index is 0.0638. The summed E-state index contributed by atoms with van der Waals surface area (Å²) in [5.41, 5.74) is 11.0. The minimum absolute atomic E-state index is 0.0638. The number of nitriles is 1. The zero-order valence-corrected chi connectivity index (χ0v) is 7.71. The van der Waals surface area contributed by atoms with Crippen molar-refractivity contribution < 1.29 is 0 Å². The zero-order chi connectivity index (χ0) is 9.68. The van der Waals surface area contributed by atoms with E-state index in [0.29, 0.717) is 5.03 Å². The van der Waals surface area contributed by atoms with Crippen molar-refractivity contribution in [1.29, 1.82) is 5.26 Å². The first kappa shape index (κ1) is 9.49. The van der Waals surface area contributed by atoms with Gasteiger partial charge < -0.3 is 11.5 Å². The van der Waals surface area contributed by atoms with E-state index in [2.05, 4.69) is 0 Å². The molecule has 4 heteroatoms. The molecule has 0 saturated heterocycles. The molecule has 0 atom stereocenters. The first-order valence-electron chi connectivity index (χ1n) is 3.62. The maximum absolute atomic E-state index is 8.46. The highest BCUT2D eigenvalue weighted by atomic mass is 32.2. The van der Waals surface area contributed by atoms with Crippen LogP contribution < -0.4 is 11.5 Å². The van der Waals surface area contributed by atoms with Crippen molar-refractivity contribution in [1.82, 2.24) is 0 Å². The molecule has 0 aliphatic heterocycles. The van der Waals surface area contributed by atoms with E-state index in [9.17, 15) is 0 Å². The molecule has 0 saturated carbocycles. The predicted molar refractivity (Wildman–Crippen MR) is 53.3 cm³/mol. The molecule has 0 radical (unpaired) electrons. The van der Waals surface area contributed by atoms with Gasteiger partial charge in [0.1, 0.15) is 16.8 Å². The highest BCUT2D eigenvalue weighted by Gasteiger charge is 1.99. The number of nitrogens with two attached hydrogens (primary N) is 2. The summed E-state index contributed by atoms with van der Waals surface area (Å²) in [5, 5.41) is 8.80. The summed E-state index contributed by atoms with van der Waals surface area (Å²) >= 11 is 1.29. The molecule has 0 spiro atoms. The Morgan fingerprint density at radius 3 is 2.38 bits per heavy atom. The molecule has 0 heterocycles. The molecule has 1 rings (SSSR count). The molecule has 0 fully saturated rings. The van der Waals surface area contributed by atoms with Crippen LogP contribution in [-0.2, 0) is 0 Å². The summed E-state index contributed by atoms with van der Waals surface area (Å²) < 4.78 is 0. The van der Waals surface area contributed by atoms with Crippen molar-refractivity contribution in [2.24, 2.45) is 11.5 Å². The summed E-state index contributed by atoms with van der Waals surface area (Å²) in [4.78, 5) is 0.971. The molecule has 0 unspecified atom stereocenters. The lowest BCUT2D eigenvalue weighted by atomic mass is 10.4. The SMILES string of the molecule is N#C/C(N)=C(/N)Sc1ccccc1.